The molecule has 0 fully saturated rings. The summed E-state index contributed by atoms with van der Waals surface area (Å²) in [7, 11) is -1.09. The minimum atomic E-state index is -4.12. The lowest BCUT2D eigenvalue weighted by Crippen LogP contribution is -2.34. The van der Waals surface area contributed by atoms with Crippen LogP contribution in [0.2, 0.25) is 0 Å². The van der Waals surface area contributed by atoms with Gasteiger partial charge in [0, 0.05) is 37.0 Å². The summed E-state index contributed by atoms with van der Waals surface area (Å²) < 4.78 is 48.7. The Morgan fingerprint density at radius 1 is 0.974 bits per heavy atom. The molecule has 1 N–H and O–H groups in total. The number of ether oxygens (including phenoxy) is 3. The molecular weight excluding hydrogens is 522 g/mol. The first-order chi connectivity index (χ1) is 18.7. The predicted molar refractivity (Wildman–Crippen MR) is 146 cm³/mol. The van der Waals surface area contributed by atoms with Gasteiger partial charge in [-0.15, -0.1) is 10.2 Å². The molecule has 0 aliphatic rings. The van der Waals surface area contributed by atoms with E-state index in [1.165, 1.54) is 25.7 Å². The highest BCUT2D eigenvalue weighted by Gasteiger charge is 2.35. The second-order valence-corrected chi connectivity index (χ2v) is 10.8. The average molecular weight is 554 g/mol. The highest BCUT2D eigenvalue weighted by atomic mass is 32.2. The van der Waals surface area contributed by atoms with E-state index in [1.807, 2.05) is 19.9 Å². The van der Waals surface area contributed by atoms with Crippen LogP contribution in [0, 0.1) is 13.8 Å². The zero-order valence-electron chi connectivity index (χ0n) is 22.6. The molecule has 4 rings (SSSR count). The number of hydrogen-bond acceptors (Lipinski definition) is 10. The van der Waals surface area contributed by atoms with Gasteiger partial charge >= 0.3 is 0 Å². The maximum absolute atomic E-state index is 13.7. The highest BCUT2D eigenvalue weighted by Crippen LogP contribution is 2.38. The number of hydrogen-bond donors (Lipinski definition) is 1. The van der Waals surface area contributed by atoms with Crippen LogP contribution in [0.1, 0.15) is 36.9 Å². The van der Waals surface area contributed by atoms with Crippen molar-refractivity contribution in [3.05, 3.63) is 66.0 Å². The lowest BCUT2D eigenvalue weighted by atomic mass is 10.2. The first-order valence-electron chi connectivity index (χ1n) is 12.2. The molecule has 0 amide bonds. The number of aromatic nitrogens is 6. The van der Waals surface area contributed by atoms with Crippen LogP contribution in [0.5, 0.6) is 11.5 Å². The lowest BCUT2D eigenvalue weighted by Gasteiger charge is -2.23. The van der Waals surface area contributed by atoms with Crippen LogP contribution in [0.4, 0.5) is 5.95 Å². The van der Waals surface area contributed by atoms with E-state index in [-0.39, 0.29) is 18.4 Å². The molecule has 13 heteroatoms. The maximum atomic E-state index is 13.7. The largest absolute Gasteiger partial charge is 0.494 e. The Morgan fingerprint density at radius 2 is 1.64 bits per heavy atom. The molecule has 0 aliphatic heterocycles. The average Bonchev–Trinajstić information content (AvgIpc) is 3.33. The van der Waals surface area contributed by atoms with Gasteiger partial charge in [-0.2, -0.15) is 0 Å². The summed E-state index contributed by atoms with van der Waals surface area (Å²) >= 11 is 0. The molecule has 0 spiro atoms. The minimum absolute atomic E-state index is 0.0683. The Labute approximate surface area is 227 Å². The smallest absolute Gasteiger partial charge is 0.243 e. The third kappa shape index (κ3) is 5.83. The Balaban J connectivity index is 1.84. The number of methoxy groups -OCH3 is 2. The van der Waals surface area contributed by atoms with Crippen molar-refractivity contribution in [2.45, 2.75) is 39.0 Å². The van der Waals surface area contributed by atoms with E-state index in [0.29, 0.717) is 28.6 Å². The summed E-state index contributed by atoms with van der Waals surface area (Å²) in [4.78, 5) is 12.9. The SMILES string of the molecule is CCO[C@@H](c1ncc(C)cn1)[C@@H](C)S(=O)(=O)Nc1nnc(-c2cncc(C)c2)n1-c1c(OC)cccc1OC. The van der Waals surface area contributed by atoms with Gasteiger partial charge in [0.25, 0.3) is 0 Å². The number of nitrogens with zero attached hydrogens (tertiary/aromatic N) is 6. The van der Waals surface area contributed by atoms with Crippen molar-refractivity contribution >= 4 is 16.0 Å². The summed E-state index contributed by atoms with van der Waals surface area (Å²) in [5, 5.41) is 7.46. The highest BCUT2D eigenvalue weighted by molar-refractivity contribution is 7.93. The van der Waals surface area contributed by atoms with Crippen molar-refractivity contribution in [3.8, 4) is 28.6 Å². The minimum Gasteiger partial charge on any atom is -0.494 e. The molecule has 39 heavy (non-hydrogen) atoms. The van der Waals surface area contributed by atoms with E-state index in [4.69, 9.17) is 14.2 Å². The van der Waals surface area contributed by atoms with Gasteiger partial charge in [-0.3, -0.25) is 14.3 Å². The molecule has 0 unspecified atom stereocenters. The Bertz CT molecular complexity index is 1520. The molecule has 12 nitrogen and oxygen atoms in total. The molecular formula is C26H31N7O5S. The first-order valence-corrected chi connectivity index (χ1v) is 13.7. The van der Waals surface area contributed by atoms with Gasteiger partial charge in [0.2, 0.25) is 16.0 Å². The number of sulfonamides is 1. The Morgan fingerprint density at radius 3 is 2.23 bits per heavy atom. The number of pyridine rings is 1. The fraction of sp³-hybridized carbons (Fsp3) is 0.346. The van der Waals surface area contributed by atoms with Crippen molar-refractivity contribution in [1.29, 1.82) is 0 Å². The molecule has 1 aromatic carbocycles. The molecule has 0 bridgehead atoms. The summed E-state index contributed by atoms with van der Waals surface area (Å²) in [6, 6.07) is 7.10. The van der Waals surface area contributed by atoms with Crippen molar-refractivity contribution < 1.29 is 22.6 Å². The van der Waals surface area contributed by atoms with Gasteiger partial charge in [0.05, 0.1) is 14.2 Å². The Hall–Kier alpha value is -4.10. The van der Waals surface area contributed by atoms with Crippen LogP contribution in [-0.4, -0.2) is 64.2 Å². The van der Waals surface area contributed by atoms with Crippen molar-refractivity contribution in [3.63, 3.8) is 0 Å². The van der Waals surface area contributed by atoms with Crippen LogP contribution in [0.25, 0.3) is 17.1 Å². The lowest BCUT2D eigenvalue weighted by molar-refractivity contribution is 0.0557. The fourth-order valence-electron chi connectivity index (χ4n) is 4.01. The van der Waals surface area contributed by atoms with Gasteiger partial charge in [0.15, 0.2) is 11.6 Å². The number of para-hydroxylation sites is 1. The topological polar surface area (TPSA) is 143 Å². The van der Waals surface area contributed by atoms with Gasteiger partial charge in [0.1, 0.15) is 28.5 Å². The second-order valence-electron chi connectivity index (χ2n) is 8.79. The molecule has 206 valence electrons. The van der Waals surface area contributed by atoms with E-state index in [1.54, 1.807) is 49.9 Å². The van der Waals surface area contributed by atoms with Gasteiger partial charge < -0.3 is 14.2 Å². The van der Waals surface area contributed by atoms with Crippen LogP contribution >= 0.6 is 0 Å². The summed E-state index contributed by atoms with van der Waals surface area (Å²) in [6.07, 6.45) is 5.64. The monoisotopic (exact) mass is 553 g/mol. The Kier molecular flexibility index (Phi) is 8.41. The molecule has 0 radical (unpaired) electrons. The first kappa shape index (κ1) is 27.9. The van der Waals surface area contributed by atoms with Crippen LogP contribution in [0.15, 0.2) is 49.1 Å². The fourth-order valence-corrected chi connectivity index (χ4v) is 5.11. The van der Waals surface area contributed by atoms with Gasteiger partial charge in [-0.25, -0.2) is 18.4 Å². The van der Waals surface area contributed by atoms with Crippen molar-refractivity contribution in [1.82, 2.24) is 29.7 Å². The molecule has 0 saturated heterocycles. The number of aryl methyl sites for hydroxylation is 2. The maximum Gasteiger partial charge on any atom is 0.243 e. The van der Waals surface area contributed by atoms with E-state index >= 15 is 0 Å². The van der Waals surface area contributed by atoms with Gasteiger partial charge in [-0.05, 0) is 57.0 Å². The zero-order chi connectivity index (χ0) is 28.2. The number of anilines is 1. The molecule has 0 saturated carbocycles. The molecule has 0 aliphatic carbocycles. The third-order valence-electron chi connectivity index (χ3n) is 5.97. The summed E-state index contributed by atoms with van der Waals surface area (Å²) in [6.45, 7) is 7.32. The zero-order valence-corrected chi connectivity index (χ0v) is 23.4. The normalized spacial score (nSPS) is 13.1. The van der Waals surface area contributed by atoms with E-state index < -0.39 is 21.4 Å². The quantitative estimate of drug-likeness (QED) is 0.292. The van der Waals surface area contributed by atoms with E-state index in [9.17, 15) is 8.42 Å². The molecule has 4 aromatic rings. The number of benzene rings is 1. The summed E-state index contributed by atoms with van der Waals surface area (Å²) in [5.41, 5.74) is 2.77. The number of rotatable bonds is 11. The second kappa shape index (κ2) is 11.7. The molecule has 2 atom stereocenters. The third-order valence-corrected chi connectivity index (χ3v) is 7.67. The van der Waals surface area contributed by atoms with E-state index in [2.05, 4.69) is 29.9 Å². The predicted octanol–water partition coefficient (Wildman–Crippen LogP) is 3.66. The summed E-state index contributed by atoms with van der Waals surface area (Å²) in [5.74, 6) is 1.37. The standard InChI is InChI=1S/C26H31N7O5S/c1-7-38-23(24-28-13-17(3)14-29-24)18(4)39(34,35)32-26-31-30-25(19-11-16(2)12-27-15-19)33(26)22-20(36-5)9-8-10-21(22)37-6/h8-15,18,23H,7H2,1-6H3,(H,31,32)/t18-,23-/m1/s1. The van der Waals surface area contributed by atoms with Crippen LogP contribution in [-0.2, 0) is 14.8 Å². The van der Waals surface area contributed by atoms with Crippen LogP contribution < -0.4 is 14.2 Å². The molecule has 3 aromatic heterocycles. The van der Waals surface area contributed by atoms with Gasteiger partial charge in [-0.1, -0.05) is 6.07 Å². The van der Waals surface area contributed by atoms with Crippen LogP contribution in [0.3, 0.4) is 0 Å². The molecule has 3 heterocycles. The van der Waals surface area contributed by atoms with Crippen molar-refractivity contribution in [2.24, 2.45) is 0 Å². The number of nitrogens with one attached hydrogen (secondary N) is 1. The van der Waals surface area contributed by atoms with E-state index in [0.717, 1.165) is 11.1 Å². The van der Waals surface area contributed by atoms with Crippen molar-refractivity contribution in [2.75, 3.05) is 25.5 Å².